The normalized spacial score (nSPS) is 26.2. The van der Waals surface area contributed by atoms with Crippen molar-refractivity contribution in [1.82, 2.24) is 5.32 Å². The maximum absolute atomic E-state index is 13.4. The number of rotatable bonds is 3. The van der Waals surface area contributed by atoms with E-state index in [2.05, 4.69) is 5.32 Å². The molecule has 0 bridgehead atoms. The van der Waals surface area contributed by atoms with Crippen molar-refractivity contribution in [2.75, 3.05) is 0 Å². The van der Waals surface area contributed by atoms with E-state index < -0.39 is 11.6 Å². The van der Waals surface area contributed by atoms with Gasteiger partial charge in [0.15, 0.2) is 0 Å². The van der Waals surface area contributed by atoms with Crippen LogP contribution in [0.4, 0.5) is 8.78 Å². The van der Waals surface area contributed by atoms with Crippen LogP contribution in [0.3, 0.4) is 0 Å². The summed E-state index contributed by atoms with van der Waals surface area (Å²) < 4.78 is 26.2. The van der Waals surface area contributed by atoms with Gasteiger partial charge in [0.05, 0.1) is 0 Å². The molecule has 1 aromatic carbocycles. The van der Waals surface area contributed by atoms with Crippen LogP contribution in [-0.4, -0.2) is 12.1 Å². The predicted molar refractivity (Wildman–Crippen MR) is 58.9 cm³/mol. The third-order valence-corrected chi connectivity index (χ3v) is 3.09. The van der Waals surface area contributed by atoms with Gasteiger partial charge in [0.2, 0.25) is 0 Å². The minimum atomic E-state index is -0.542. The average molecular weight is 226 g/mol. The molecule has 0 heterocycles. The lowest BCUT2D eigenvalue weighted by Crippen LogP contribution is -2.49. The lowest BCUT2D eigenvalue weighted by atomic mass is 9.87. The molecule has 2 nitrogen and oxygen atoms in total. The molecule has 16 heavy (non-hydrogen) atoms. The van der Waals surface area contributed by atoms with E-state index in [-0.39, 0.29) is 12.1 Å². The maximum Gasteiger partial charge on any atom is 0.130 e. The van der Waals surface area contributed by atoms with E-state index in [1.807, 2.05) is 6.92 Å². The van der Waals surface area contributed by atoms with Crippen LogP contribution >= 0.6 is 0 Å². The smallest absolute Gasteiger partial charge is 0.130 e. The predicted octanol–water partition coefficient (Wildman–Crippen LogP) is 2.11. The highest BCUT2D eigenvalue weighted by atomic mass is 19.1. The average Bonchev–Trinajstić information content (AvgIpc) is 2.15. The number of hydrogen-bond donors (Lipinski definition) is 2. The standard InChI is InChI=1S/C12H16F2N2/c1-7(16-10-5-9(15)6-10)11-3-2-8(13)4-12(11)14/h2-4,7,9-10,16H,5-6,15H2,1H3. The summed E-state index contributed by atoms with van der Waals surface area (Å²) in [5, 5.41) is 3.28. The van der Waals surface area contributed by atoms with Crippen LogP contribution in [0.15, 0.2) is 18.2 Å². The molecule has 3 N–H and O–H groups in total. The molecule has 1 aliphatic carbocycles. The Morgan fingerprint density at radius 2 is 2.06 bits per heavy atom. The van der Waals surface area contributed by atoms with Crippen LogP contribution in [0.1, 0.15) is 31.4 Å². The number of benzene rings is 1. The monoisotopic (exact) mass is 226 g/mol. The summed E-state index contributed by atoms with van der Waals surface area (Å²) >= 11 is 0. The quantitative estimate of drug-likeness (QED) is 0.828. The zero-order valence-electron chi connectivity index (χ0n) is 9.21. The number of halogens is 2. The van der Waals surface area contributed by atoms with Gasteiger partial charge in [-0.25, -0.2) is 8.78 Å². The highest BCUT2D eigenvalue weighted by molar-refractivity contribution is 5.21. The summed E-state index contributed by atoms with van der Waals surface area (Å²) in [5.74, 6) is -1.04. The van der Waals surface area contributed by atoms with Gasteiger partial charge in [0.25, 0.3) is 0 Å². The summed E-state index contributed by atoms with van der Waals surface area (Å²) in [6.45, 7) is 1.88. The Bertz CT molecular complexity index is 375. The first-order valence-corrected chi connectivity index (χ1v) is 5.53. The van der Waals surface area contributed by atoms with Gasteiger partial charge in [0.1, 0.15) is 11.6 Å². The Labute approximate surface area is 93.8 Å². The van der Waals surface area contributed by atoms with E-state index in [0.717, 1.165) is 18.9 Å². The lowest BCUT2D eigenvalue weighted by molar-refractivity contribution is 0.270. The molecule has 4 heteroatoms. The molecule has 1 atom stereocenters. The molecule has 1 aliphatic rings. The van der Waals surface area contributed by atoms with Gasteiger partial charge < -0.3 is 11.1 Å². The fourth-order valence-electron chi connectivity index (χ4n) is 2.09. The zero-order chi connectivity index (χ0) is 11.7. The van der Waals surface area contributed by atoms with Gasteiger partial charge in [-0.15, -0.1) is 0 Å². The van der Waals surface area contributed by atoms with Gasteiger partial charge in [-0.05, 0) is 25.8 Å². The second-order valence-corrected chi connectivity index (χ2v) is 4.48. The van der Waals surface area contributed by atoms with Crippen LogP contribution < -0.4 is 11.1 Å². The van der Waals surface area contributed by atoms with E-state index >= 15 is 0 Å². The van der Waals surface area contributed by atoms with Crippen molar-refractivity contribution in [2.45, 2.75) is 37.9 Å². The summed E-state index contributed by atoms with van der Waals surface area (Å²) in [4.78, 5) is 0. The molecule has 0 radical (unpaired) electrons. The van der Waals surface area contributed by atoms with Crippen molar-refractivity contribution in [3.05, 3.63) is 35.4 Å². The topological polar surface area (TPSA) is 38.0 Å². The molecular weight excluding hydrogens is 210 g/mol. The first-order chi connectivity index (χ1) is 7.56. The molecule has 1 unspecified atom stereocenters. The van der Waals surface area contributed by atoms with E-state index in [0.29, 0.717) is 11.6 Å². The molecule has 1 fully saturated rings. The largest absolute Gasteiger partial charge is 0.328 e. The number of hydrogen-bond acceptors (Lipinski definition) is 2. The number of nitrogens with two attached hydrogens (primary N) is 1. The van der Waals surface area contributed by atoms with Gasteiger partial charge in [-0.1, -0.05) is 6.07 Å². The van der Waals surface area contributed by atoms with Crippen LogP contribution in [0.5, 0.6) is 0 Å². The van der Waals surface area contributed by atoms with E-state index in [9.17, 15) is 8.78 Å². The van der Waals surface area contributed by atoms with Crippen molar-refractivity contribution < 1.29 is 8.78 Å². The van der Waals surface area contributed by atoms with Gasteiger partial charge in [-0.2, -0.15) is 0 Å². The van der Waals surface area contributed by atoms with E-state index in [1.165, 1.54) is 12.1 Å². The molecule has 0 spiro atoms. The Morgan fingerprint density at radius 1 is 1.38 bits per heavy atom. The zero-order valence-corrected chi connectivity index (χ0v) is 9.21. The van der Waals surface area contributed by atoms with E-state index in [4.69, 9.17) is 5.73 Å². The highest BCUT2D eigenvalue weighted by Gasteiger charge is 2.27. The Balaban J connectivity index is 2.00. The molecule has 0 saturated heterocycles. The minimum Gasteiger partial charge on any atom is -0.328 e. The van der Waals surface area contributed by atoms with Gasteiger partial charge in [-0.3, -0.25) is 0 Å². The number of nitrogens with one attached hydrogen (secondary N) is 1. The molecule has 1 aromatic rings. The van der Waals surface area contributed by atoms with Crippen molar-refractivity contribution >= 4 is 0 Å². The Morgan fingerprint density at radius 3 is 2.62 bits per heavy atom. The van der Waals surface area contributed by atoms with Crippen molar-refractivity contribution in [3.8, 4) is 0 Å². The second kappa shape index (κ2) is 4.47. The molecule has 0 aromatic heterocycles. The summed E-state index contributed by atoms with van der Waals surface area (Å²) in [6.07, 6.45) is 1.85. The highest BCUT2D eigenvalue weighted by Crippen LogP contribution is 2.23. The second-order valence-electron chi connectivity index (χ2n) is 4.48. The third kappa shape index (κ3) is 2.39. The van der Waals surface area contributed by atoms with Crippen LogP contribution in [0.2, 0.25) is 0 Å². The molecule has 1 saturated carbocycles. The first-order valence-electron chi connectivity index (χ1n) is 5.53. The molecule has 0 amide bonds. The van der Waals surface area contributed by atoms with Crippen molar-refractivity contribution in [1.29, 1.82) is 0 Å². The van der Waals surface area contributed by atoms with Crippen molar-refractivity contribution in [2.24, 2.45) is 5.73 Å². The molecule has 2 rings (SSSR count). The van der Waals surface area contributed by atoms with Gasteiger partial charge >= 0.3 is 0 Å². The minimum absolute atomic E-state index is 0.113. The third-order valence-electron chi connectivity index (χ3n) is 3.09. The Hall–Kier alpha value is -1.00. The van der Waals surface area contributed by atoms with Crippen molar-refractivity contribution in [3.63, 3.8) is 0 Å². The first kappa shape index (κ1) is 11.5. The summed E-state index contributed by atoms with van der Waals surface area (Å²) in [6, 6.07) is 4.19. The fraction of sp³-hybridized carbons (Fsp3) is 0.500. The molecular formula is C12H16F2N2. The molecule has 88 valence electrons. The fourth-order valence-corrected chi connectivity index (χ4v) is 2.09. The SMILES string of the molecule is CC(NC1CC(N)C1)c1ccc(F)cc1F. The summed E-state index contributed by atoms with van der Waals surface area (Å²) in [5.41, 5.74) is 6.17. The summed E-state index contributed by atoms with van der Waals surface area (Å²) in [7, 11) is 0. The lowest BCUT2D eigenvalue weighted by Gasteiger charge is -2.35. The van der Waals surface area contributed by atoms with Crippen LogP contribution in [0.25, 0.3) is 0 Å². The van der Waals surface area contributed by atoms with Gasteiger partial charge in [0, 0.05) is 29.8 Å². The van der Waals surface area contributed by atoms with Crippen LogP contribution in [0, 0.1) is 11.6 Å². The van der Waals surface area contributed by atoms with Crippen LogP contribution in [-0.2, 0) is 0 Å². The molecule has 0 aliphatic heterocycles. The Kier molecular flexibility index (Phi) is 3.21. The maximum atomic E-state index is 13.4. The van der Waals surface area contributed by atoms with E-state index in [1.54, 1.807) is 0 Å².